The van der Waals surface area contributed by atoms with Crippen molar-refractivity contribution in [1.29, 1.82) is 0 Å². The lowest BCUT2D eigenvalue weighted by Crippen LogP contribution is -2.32. The van der Waals surface area contributed by atoms with Crippen molar-refractivity contribution in [2.75, 3.05) is 0 Å². The third kappa shape index (κ3) is 7.90. The summed E-state index contributed by atoms with van der Waals surface area (Å²) in [4.78, 5) is 3.41. The Morgan fingerprint density at radius 3 is 2.04 bits per heavy atom. The van der Waals surface area contributed by atoms with Gasteiger partial charge in [0.05, 0.1) is 0 Å². The first-order valence-corrected chi connectivity index (χ1v) is 10.4. The molecule has 0 saturated carbocycles. The Labute approximate surface area is 154 Å². The molecule has 0 bridgehead atoms. The average Bonchev–Trinajstić information content (AvgIpc) is 3.08. The van der Waals surface area contributed by atoms with Crippen molar-refractivity contribution >= 4 is 0 Å². The number of para-hydroxylation sites is 1. The van der Waals surface area contributed by atoms with Gasteiger partial charge < -0.3 is 0 Å². The zero-order valence-electron chi connectivity index (χ0n) is 16.3. The summed E-state index contributed by atoms with van der Waals surface area (Å²) in [7, 11) is 0. The minimum Gasteiger partial charge on any atom is -0.247 e. The molecule has 0 spiro atoms. The maximum atomic E-state index is 3.41. The number of benzene rings is 1. The molecule has 0 fully saturated rings. The molecule has 2 nitrogen and oxygen atoms in total. The molecule has 0 aliphatic carbocycles. The fraction of sp³-hybridized carbons (Fsp3) is 0.609. The smallest absolute Gasteiger partial charge is 0.247 e. The molecule has 1 aromatic heterocycles. The quantitative estimate of drug-likeness (QED) is 0.322. The summed E-state index contributed by atoms with van der Waals surface area (Å²) in [5, 5.41) is 0. The van der Waals surface area contributed by atoms with E-state index < -0.39 is 0 Å². The SMILES string of the molecule is CC(C)CCCCCCCCCCCc1[nH]cc[n+]1-c1ccccc1. The van der Waals surface area contributed by atoms with Crippen LogP contribution in [-0.4, -0.2) is 4.98 Å². The minimum absolute atomic E-state index is 0.875. The second kappa shape index (κ2) is 11.9. The van der Waals surface area contributed by atoms with Crippen LogP contribution in [0.1, 0.15) is 83.9 Å². The second-order valence-electron chi connectivity index (χ2n) is 7.73. The van der Waals surface area contributed by atoms with Crippen molar-refractivity contribution < 1.29 is 4.57 Å². The predicted octanol–water partition coefficient (Wildman–Crippen LogP) is 6.39. The molecular formula is C23H37N2+. The molecule has 0 amide bonds. The van der Waals surface area contributed by atoms with Crippen LogP contribution in [0.2, 0.25) is 0 Å². The first-order valence-electron chi connectivity index (χ1n) is 10.4. The van der Waals surface area contributed by atoms with Crippen LogP contribution < -0.4 is 4.57 Å². The van der Waals surface area contributed by atoms with Crippen LogP contribution in [0.15, 0.2) is 42.7 Å². The number of hydrogen-bond acceptors (Lipinski definition) is 0. The van der Waals surface area contributed by atoms with Crippen molar-refractivity contribution in [3.8, 4) is 5.69 Å². The van der Waals surface area contributed by atoms with Gasteiger partial charge in [0.25, 0.3) is 5.82 Å². The van der Waals surface area contributed by atoms with Gasteiger partial charge in [0.1, 0.15) is 18.1 Å². The molecule has 0 aliphatic rings. The molecule has 25 heavy (non-hydrogen) atoms. The fourth-order valence-electron chi connectivity index (χ4n) is 3.47. The van der Waals surface area contributed by atoms with Gasteiger partial charge in [-0.1, -0.05) is 89.8 Å². The monoisotopic (exact) mass is 341 g/mol. The van der Waals surface area contributed by atoms with E-state index in [2.05, 4.69) is 59.9 Å². The number of imidazole rings is 1. The van der Waals surface area contributed by atoms with Crippen LogP contribution in [0.3, 0.4) is 0 Å². The standard InChI is InChI=1S/C23H36N2/c1-21(2)15-11-8-6-4-3-5-7-9-14-18-23-24-19-20-25(23)22-16-12-10-13-17-22/h10,12-13,16-17,19-21H,3-9,11,14-15,18H2,1-2H3/p+1. The molecule has 1 aromatic carbocycles. The Morgan fingerprint density at radius 1 is 0.800 bits per heavy atom. The summed E-state index contributed by atoms with van der Waals surface area (Å²) < 4.78 is 2.27. The van der Waals surface area contributed by atoms with Gasteiger partial charge in [-0.25, -0.2) is 4.98 Å². The number of rotatable bonds is 13. The number of unbranched alkanes of at least 4 members (excludes halogenated alkanes) is 8. The molecule has 2 rings (SSSR count). The van der Waals surface area contributed by atoms with Crippen molar-refractivity contribution in [1.82, 2.24) is 4.98 Å². The maximum Gasteiger partial charge on any atom is 0.259 e. The predicted molar refractivity (Wildman–Crippen MR) is 107 cm³/mol. The fourth-order valence-corrected chi connectivity index (χ4v) is 3.47. The van der Waals surface area contributed by atoms with Gasteiger partial charge in [0.15, 0.2) is 0 Å². The van der Waals surface area contributed by atoms with Crippen LogP contribution in [-0.2, 0) is 6.42 Å². The number of nitrogens with zero attached hydrogens (tertiary/aromatic N) is 1. The molecule has 0 aliphatic heterocycles. The van der Waals surface area contributed by atoms with Crippen molar-refractivity contribution in [3.05, 3.63) is 48.5 Å². The zero-order chi connectivity index (χ0) is 17.7. The van der Waals surface area contributed by atoms with E-state index in [4.69, 9.17) is 0 Å². The average molecular weight is 342 g/mol. The summed E-state index contributed by atoms with van der Waals surface area (Å²) in [5.41, 5.74) is 1.25. The van der Waals surface area contributed by atoms with E-state index in [9.17, 15) is 0 Å². The molecule has 1 heterocycles. The first-order chi connectivity index (χ1) is 12.3. The van der Waals surface area contributed by atoms with E-state index >= 15 is 0 Å². The summed E-state index contributed by atoms with van der Waals surface area (Å²) in [6, 6.07) is 10.6. The van der Waals surface area contributed by atoms with Gasteiger partial charge in [-0.2, -0.15) is 4.57 Å². The zero-order valence-corrected chi connectivity index (χ0v) is 16.3. The first kappa shape index (κ1) is 19.8. The molecule has 2 aromatic rings. The van der Waals surface area contributed by atoms with E-state index in [0.717, 1.165) is 12.3 Å². The number of H-pyrrole nitrogens is 1. The van der Waals surface area contributed by atoms with Crippen LogP contribution >= 0.6 is 0 Å². The van der Waals surface area contributed by atoms with E-state index in [1.807, 2.05) is 6.20 Å². The normalized spacial score (nSPS) is 11.3. The Balaban J connectivity index is 1.51. The molecule has 2 heteroatoms. The maximum absolute atomic E-state index is 3.41. The third-order valence-corrected chi connectivity index (χ3v) is 4.99. The number of aromatic nitrogens is 2. The van der Waals surface area contributed by atoms with Crippen molar-refractivity contribution in [3.63, 3.8) is 0 Å². The van der Waals surface area contributed by atoms with Gasteiger partial charge in [-0.3, -0.25) is 0 Å². The van der Waals surface area contributed by atoms with Crippen molar-refractivity contribution in [2.24, 2.45) is 5.92 Å². The highest BCUT2D eigenvalue weighted by Crippen LogP contribution is 2.13. The Hall–Kier alpha value is -1.57. The molecule has 1 N–H and O–H groups in total. The number of hydrogen-bond donors (Lipinski definition) is 1. The lowest BCUT2D eigenvalue weighted by atomic mass is 10.0. The summed E-state index contributed by atoms with van der Waals surface area (Å²) >= 11 is 0. The van der Waals surface area contributed by atoms with Gasteiger partial charge >= 0.3 is 0 Å². The summed E-state index contributed by atoms with van der Waals surface area (Å²) in [6.45, 7) is 4.66. The number of aromatic amines is 1. The van der Waals surface area contributed by atoms with E-state index in [1.165, 1.54) is 75.7 Å². The lowest BCUT2D eigenvalue weighted by Gasteiger charge is -2.04. The van der Waals surface area contributed by atoms with Gasteiger partial charge in [-0.15, -0.1) is 0 Å². The van der Waals surface area contributed by atoms with Crippen LogP contribution in [0, 0.1) is 5.92 Å². The summed E-state index contributed by atoms with van der Waals surface area (Å²) in [5.74, 6) is 2.19. The number of aryl methyl sites for hydroxylation is 1. The lowest BCUT2D eigenvalue weighted by molar-refractivity contribution is -0.603. The Kier molecular flexibility index (Phi) is 9.40. The largest absolute Gasteiger partial charge is 0.259 e. The van der Waals surface area contributed by atoms with Gasteiger partial charge in [-0.05, 0) is 24.5 Å². The second-order valence-corrected chi connectivity index (χ2v) is 7.73. The molecule has 138 valence electrons. The highest BCUT2D eigenvalue weighted by Gasteiger charge is 2.11. The third-order valence-electron chi connectivity index (χ3n) is 4.99. The molecule has 0 saturated heterocycles. The van der Waals surface area contributed by atoms with Gasteiger partial charge in [0, 0.05) is 6.42 Å². The molecule has 0 atom stereocenters. The molecule has 0 radical (unpaired) electrons. The number of nitrogens with one attached hydrogen (secondary N) is 1. The Bertz CT molecular complexity index is 556. The van der Waals surface area contributed by atoms with Crippen molar-refractivity contribution in [2.45, 2.75) is 84.5 Å². The topological polar surface area (TPSA) is 19.7 Å². The highest BCUT2D eigenvalue weighted by atomic mass is 15.1. The van der Waals surface area contributed by atoms with Gasteiger partial charge in [0.2, 0.25) is 0 Å². The molecular weight excluding hydrogens is 304 g/mol. The highest BCUT2D eigenvalue weighted by molar-refractivity contribution is 5.21. The van der Waals surface area contributed by atoms with E-state index in [-0.39, 0.29) is 0 Å². The summed E-state index contributed by atoms with van der Waals surface area (Å²) in [6.07, 6.45) is 19.3. The van der Waals surface area contributed by atoms with E-state index in [1.54, 1.807) is 0 Å². The minimum atomic E-state index is 0.875. The Morgan fingerprint density at radius 2 is 1.40 bits per heavy atom. The van der Waals surface area contributed by atoms with Crippen LogP contribution in [0.25, 0.3) is 5.69 Å². The van der Waals surface area contributed by atoms with E-state index in [0.29, 0.717) is 0 Å². The van der Waals surface area contributed by atoms with Crippen LogP contribution in [0.4, 0.5) is 0 Å². The molecule has 0 unspecified atom stereocenters. The van der Waals surface area contributed by atoms with Crippen LogP contribution in [0.5, 0.6) is 0 Å².